The summed E-state index contributed by atoms with van der Waals surface area (Å²) >= 11 is 3.23. The number of benzene rings is 1. The molecule has 1 aromatic rings. The van der Waals surface area contributed by atoms with Gasteiger partial charge in [-0.3, -0.25) is 4.79 Å². The number of hydrogen-bond acceptors (Lipinski definition) is 4. The maximum absolute atomic E-state index is 12.0. The Labute approximate surface area is 120 Å². The summed E-state index contributed by atoms with van der Waals surface area (Å²) in [6.07, 6.45) is 0.999. The number of nitrogens with zero attached hydrogens (tertiary/aromatic N) is 1. The van der Waals surface area contributed by atoms with Crippen LogP contribution in [0.5, 0.6) is 0 Å². The van der Waals surface area contributed by atoms with E-state index >= 15 is 0 Å². The molecule has 5 nitrogen and oxygen atoms in total. The van der Waals surface area contributed by atoms with E-state index in [-0.39, 0.29) is 11.3 Å². The lowest BCUT2D eigenvalue weighted by atomic mass is 10.1. The maximum Gasteiger partial charge on any atom is 0.245 e. The monoisotopic (exact) mass is 344 g/mol. The van der Waals surface area contributed by atoms with E-state index < -0.39 is 20.5 Å². The van der Waals surface area contributed by atoms with Gasteiger partial charge in [-0.15, -0.1) is 0 Å². The third kappa shape index (κ3) is 3.33. The molecule has 0 spiro atoms. The Balaban J connectivity index is 3.15. The number of halogens is 1. The summed E-state index contributed by atoms with van der Waals surface area (Å²) < 4.78 is 22.3. The summed E-state index contributed by atoms with van der Waals surface area (Å²) in [5.41, 5.74) is 0.541. The predicted molar refractivity (Wildman–Crippen MR) is 76.4 cm³/mol. The van der Waals surface area contributed by atoms with Crippen LogP contribution in [0.15, 0.2) is 22.7 Å². The molecule has 0 fully saturated rings. The first-order valence-corrected chi connectivity index (χ1v) is 7.98. The molecule has 0 aliphatic heterocycles. The Kier molecular flexibility index (Phi) is 4.38. The Morgan fingerprint density at radius 1 is 1.42 bits per heavy atom. The molecule has 0 aliphatic rings. The molecule has 1 rings (SSSR count). The van der Waals surface area contributed by atoms with E-state index in [1.807, 2.05) is 6.07 Å². The van der Waals surface area contributed by atoms with Gasteiger partial charge in [0.1, 0.15) is 10.8 Å². The Morgan fingerprint density at radius 3 is 2.47 bits per heavy atom. The molecule has 0 radical (unpaired) electrons. The van der Waals surface area contributed by atoms with Crippen molar-refractivity contribution in [3.8, 4) is 6.07 Å². The molecular weight excluding hydrogens is 332 g/mol. The van der Waals surface area contributed by atoms with E-state index in [1.165, 1.54) is 19.9 Å². The minimum atomic E-state index is -3.56. The Bertz CT molecular complexity index is 660. The van der Waals surface area contributed by atoms with E-state index in [4.69, 9.17) is 5.26 Å². The molecule has 0 atom stereocenters. The SMILES string of the molecule is CC(C)(C(=O)Nc1cc(Br)ccc1C#N)S(C)(=O)=O. The fraction of sp³-hybridized carbons (Fsp3) is 0.333. The fourth-order valence-corrected chi connectivity index (χ4v) is 1.91. The van der Waals surface area contributed by atoms with Crippen molar-refractivity contribution in [3.05, 3.63) is 28.2 Å². The molecule has 0 unspecified atom stereocenters. The summed E-state index contributed by atoms with van der Waals surface area (Å²) in [7, 11) is -3.56. The van der Waals surface area contributed by atoms with Gasteiger partial charge < -0.3 is 5.32 Å². The Hall–Kier alpha value is -1.39. The summed E-state index contributed by atoms with van der Waals surface area (Å²) in [5.74, 6) is -0.676. The average molecular weight is 345 g/mol. The van der Waals surface area contributed by atoms with E-state index in [2.05, 4.69) is 21.2 Å². The smallest absolute Gasteiger partial charge is 0.245 e. The number of carbonyl (C=O) groups is 1. The zero-order chi connectivity index (χ0) is 14.8. The molecule has 102 valence electrons. The molecule has 19 heavy (non-hydrogen) atoms. The third-order valence-corrected chi connectivity index (χ3v) is 5.36. The molecule has 0 saturated heterocycles. The second-order valence-electron chi connectivity index (χ2n) is 4.54. The van der Waals surface area contributed by atoms with Crippen molar-refractivity contribution in [2.45, 2.75) is 18.6 Å². The number of sulfone groups is 1. The van der Waals surface area contributed by atoms with Crippen molar-refractivity contribution < 1.29 is 13.2 Å². The van der Waals surface area contributed by atoms with Crippen LogP contribution in [0.25, 0.3) is 0 Å². The summed E-state index contributed by atoms with van der Waals surface area (Å²) in [4.78, 5) is 12.0. The average Bonchev–Trinajstić information content (AvgIpc) is 2.27. The van der Waals surface area contributed by atoms with E-state index in [0.29, 0.717) is 4.47 Å². The number of anilines is 1. The van der Waals surface area contributed by atoms with Gasteiger partial charge in [-0.2, -0.15) is 5.26 Å². The molecule has 1 N–H and O–H groups in total. The van der Waals surface area contributed by atoms with Crippen LogP contribution in [0.4, 0.5) is 5.69 Å². The predicted octanol–water partition coefficient (Wildman–Crippen LogP) is 2.08. The van der Waals surface area contributed by atoms with Crippen molar-refractivity contribution >= 4 is 37.4 Å². The van der Waals surface area contributed by atoms with Crippen molar-refractivity contribution in [1.82, 2.24) is 0 Å². The first-order chi connectivity index (χ1) is 8.59. The molecule has 0 heterocycles. The molecule has 0 bridgehead atoms. The molecule has 0 saturated carbocycles. The minimum absolute atomic E-state index is 0.265. The maximum atomic E-state index is 12.0. The fourth-order valence-electron chi connectivity index (χ4n) is 1.16. The van der Waals surface area contributed by atoms with Crippen molar-refractivity contribution in [2.75, 3.05) is 11.6 Å². The van der Waals surface area contributed by atoms with Gasteiger partial charge in [-0.05, 0) is 32.0 Å². The van der Waals surface area contributed by atoms with Crippen LogP contribution in [-0.4, -0.2) is 25.3 Å². The van der Waals surface area contributed by atoms with Gasteiger partial charge in [-0.1, -0.05) is 15.9 Å². The lowest BCUT2D eigenvalue weighted by molar-refractivity contribution is -0.117. The van der Waals surface area contributed by atoms with Crippen molar-refractivity contribution in [2.24, 2.45) is 0 Å². The molecule has 1 amide bonds. The lowest BCUT2D eigenvalue weighted by Gasteiger charge is -2.21. The van der Waals surface area contributed by atoms with Gasteiger partial charge >= 0.3 is 0 Å². The van der Waals surface area contributed by atoms with E-state index in [9.17, 15) is 13.2 Å². The second-order valence-corrected chi connectivity index (χ2v) is 8.02. The Morgan fingerprint density at radius 2 is 2.00 bits per heavy atom. The highest BCUT2D eigenvalue weighted by Gasteiger charge is 2.38. The summed E-state index contributed by atoms with van der Waals surface area (Å²) in [6.45, 7) is 2.64. The first kappa shape index (κ1) is 15.7. The van der Waals surface area contributed by atoms with Gasteiger partial charge in [0.15, 0.2) is 9.84 Å². The van der Waals surface area contributed by atoms with Gasteiger partial charge in [0.25, 0.3) is 0 Å². The van der Waals surface area contributed by atoms with Crippen LogP contribution in [0.3, 0.4) is 0 Å². The normalized spacial score (nSPS) is 11.7. The van der Waals surface area contributed by atoms with E-state index in [0.717, 1.165) is 6.26 Å². The van der Waals surface area contributed by atoms with Crippen LogP contribution >= 0.6 is 15.9 Å². The molecular formula is C12H13BrN2O3S. The topological polar surface area (TPSA) is 87.0 Å². The number of nitrogens with one attached hydrogen (secondary N) is 1. The van der Waals surface area contributed by atoms with Crippen molar-refractivity contribution in [3.63, 3.8) is 0 Å². The molecule has 0 aliphatic carbocycles. The number of carbonyl (C=O) groups excluding carboxylic acids is 1. The lowest BCUT2D eigenvalue weighted by Crippen LogP contribution is -2.44. The van der Waals surface area contributed by atoms with Gasteiger partial charge in [0.2, 0.25) is 5.91 Å². The first-order valence-electron chi connectivity index (χ1n) is 5.30. The standard InChI is InChI=1S/C12H13BrN2O3S/c1-12(2,19(3,17)18)11(16)15-10-6-9(13)5-4-8(10)7-14/h4-6H,1-3H3,(H,15,16). The minimum Gasteiger partial charge on any atom is -0.324 e. The quantitative estimate of drug-likeness (QED) is 0.909. The van der Waals surface area contributed by atoms with Crippen LogP contribution < -0.4 is 5.32 Å². The summed E-state index contributed by atoms with van der Waals surface area (Å²) in [6, 6.07) is 6.68. The molecule has 1 aromatic carbocycles. The second kappa shape index (κ2) is 5.31. The third-order valence-electron chi connectivity index (χ3n) is 2.82. The van der Waals surface area contributed by atoms with Crippen LogP contribution in [0.2, 0.25) is 0 Å². The van der Waals surface area contributed by atoms with E-state index in [1.54, 1.807) is 12.1 Å². The van der Waals surface area contributed by atoms with Gasteiger partial charge in [-0.25, -0.2) is 8.42 Å². The highest BCUT2D eigenvalue weighted by atomic mass is 79.9. The number of hydrogen-bond donors (Lipinski definition) is 1. The van der Waals surface area contributed by atoms with Crippen LogP contribution in [-0.2, 0) is 14.6 Å². The highest BCUT2D eigenvalue weighted by Crippen LogP contribution is 2.24. The largest absolute Gasteiger partial charge is 0.324 e. The summed E-state index contributed by atoms with van der Waals surface area (Å²) in [5, 5.41) is 11.4. The zero-order valence-corrected chi connectivity index (χ0v) is 13.1. The van der Waals surface area contributed by atoms with Crippen LogP contribution in [0, 0.1) is 11.3 Å². The highest BCUT2D eigenvalue weighted by molar-refractivity contribution is 9.10. The van der Waals surface area contributed by atoms with Gasteiger partial charge in [0, 0.05) is 10.7 Å². The van der Waals surface area contributed by atoms with Gasteiger partial charge in [0.05, 0.1) is 11.3 Å². The van der Waals surface area contributed by atoms with Crippen LogP contribution in [0.1, 0.15) is 19.4 Å². The molecule has 0 aromatic heterocycles. The molecule has 7 heteroatoms. The number of nitriles is 1. The number of amides is 1. The van der Waals surface area contributed by atoms with Crippen molar-refractivity contribution in [1.29, 1.82) is 5.26 Å². The number of rotatable bonds is 3. The zero-order valence-electron chi connectivity index (χ0n) is 10.7.